The summed E-state index contributed by atoms with van der Waals surface area (Å²) >= 11 is 0. The highest BCUT2D eigenvalue weighted by Crippen LogP contribution is 2.29. The van der Waals surface area contributed by atoms with Crippen LogP contribution < -0.4 is 4.72 Å². The molecule has 0 aliphatic carbocycles. The van der Waals surface area contributed by atoms with Crippen LogP contribution in [0.15, 0.2) is 46.2 Å². The summed E-state index contributed by atoms with van der Waals surface area (Å²) in [5, 5.41) is 4.24. The number of anilines is 1. The first-order chi connectivity index (χ1) is 12.2. The number of amides is 1. The molecule has 0 aromatic carbocycles. The van der Waals surface area contributed by atoms with E-state index in [-0.39, 0.29) is 22.2 Å². The lowest BCUT2D eigenvalue weighted by Crippen LogP contribution is -2.23. The number of carbonyl (C=O) groups is 1. The average molecular weight is 377 g/mol. The van der Waals surface area contributed by atoms with E-state index in [1.165, 1.54) is 32.7 Å². The normalized spacial score (nSPS) is 11.5. The van der Waals surface area contributed by atoms with Gasteiger partial charge >= 0.3 is 0 Å². The first-order valence-electron chi connectivity index (χ1n) is 7.67. The minimum Gasteiger partial charge on any atom is -0.463 e. The first kappa shape index (κ1) is 17.8. The molecule has 3 aromatic rings. The molecule has 10 heteroatoms. The van der Waals surface area contributed by atoms with E-state index in [0.717, 1.165) is 0 Å². The molecule has 3 rings (SSSR count). The van der Waals surface area contributed by atoms with Crippen molar-refractivity contribution in [3.8, 4) is 11.5 Å². The molecule has 0 unspecified atom stereocenters. The summed E-state index contributed by atoms with van der Waals surface area (Å²) in [7, 11) is 2.60. The van der Waals surface area contributed by atoms with Crippen LogP contribution in [0.5, 0.6) is 0 Å². The van der Waals surface area contributed by atoms with Crippen LogP contribution in [-0.2, 0) is 24.1 Å². The number of rotatable bonds is 5. The van der Waals surface area contributed by atoms with E-state index in [1.54, 1.807) is 46.5 Å². The molecule has 0 spiro atoms. The lowest BCUT2D eigenvalue weighted by Gasteiger charge is -2.09. The Labute approximate surface area is 150 Å². The van der Waals surface area contributed by atoms with Crippen molar-refractivity contribution in [2.75, 3.05) is 18.8 Å². The standard InChI is InChI=1S/C16H19N5O4S/c1-19(2)16(22)13-8-11(9-20(13)3)26(23,24)18-12-10-21(4)17-15(12)14-6-5-7-25-14/h5-10,18H,1-4H3. The lowest BCUT2D eigenvalue weighted by molar-refractivity contribution is 0.0818. The van der Waals surface area contributed by atoms with E-state index in [4.69, 9.17) is 4.42 Å². The van der Waals surface area contributed by atoms with Crippen LogP contribution in [0.1, 0.15) is 10.5 Å². The van der Waals surface area contributed by atoms with Gasteiger partial charge in [0, 0.05) is 40.6 Å². The Balaban J connectivity index is 1.96. The van der Waals surface area contributed by atoms with Crippen LogP contribution >= 0.6 is 0 Å². The number of nitrogens with zero attached hydrogens (tertiary/aromatic N) is 4. The number of nitrogens with one attached hydrogen (secondary N) is 1. The van der Waals surface area contributed by atoms with E-state index in [2.05, 4.69) is 9.82 Å². The van der Waals surface area contributed by atoms with Crippen molar-refractivity contribution in [2.45, 2.75) is 4.90 Å². The fourth-order valence-electron chi connectivity index (χ4n) is 2.49. The fourth-order valence-corrected chi connectivity index (χ4v) is 3.61. The number of hydrogen-bond acceptors (Lipinski definition) is 5. The molecule has 0 atom stereocenters. The molecular formula is C16H19N5O4S. The number of aryl methyl sites for hydroxylation is 2. The zero-order valence-electron chi connectivity index (χ0n) is 14.8. The number of hydrogen-bond donors (Lipinski definition) is 1. The number of sulfonamides is 1. The first-order valence-corrected chi connectivity index (χ1v) is 9.15. The molecule has 1 N–H and O–H groups in total. The van der Waals surface area contributed by atoms with Crippen molar-refractivity contribution >= 4 is 21.6 Å². The Kier molecular flexibility index (Phi) is 4.36. The van der Waals surface area contributed by atoms with Gasteiger partial charge in [-0.2, -0.15) is 5.10 Å². The quantitative estimate of drug-likeness (QED) is 0.726. The van der Waals surface area contributed by atoms with Gasteiger partial charge in [-0.25, -0.2) is 8.42 Å². The summed E-state index contributed by atoms with van der Waals surface area (Å²) in [5.74, 6) is 0.159. The maximum Gasteiger partial charge on any atom is 0.269 e. The van der Waals surface area contributed by atoms with Crippen LogP contribution in [0.25, 0.3) is 11.5 Å². The summed E-state index contributed by atoms with van der Waals surface area (Å²) < 4.78 is 36.3. The average Bonchev–Trinajstić information content (AvgIpc) is 3.26. The van der Waals surface area contributed by atoms with Gasteiger partial charge in [-0.15, -0.1) is 0 Å². The monoisotopic (exact) mass is 377 g/mol. The molecule has 0 saturated heterocycles. The summed E-state index contributed by atoms with van der Waals surface area (Å²) in [6, 6.07) is 4.72. The molecule has 0 bridgehead atoms. The number of carbonyl (C=O) groups excluding carboxylic acids is 1. The van der Waals surface area contributed by atoms with Gasteiger partial charge < -0.3 is 13.9 Å². The van der Waals surface area contributed by atoms with Crippen LogP contribution in [0.4, 0.5) is 5.69 Å². The number of aromatic nitrogens is 3. The molecule has 138 valence electrons. The molecule has 1 amide bonds. The third-order valence-electron chi connectivity index (χ3n) is 3.74. The summed E-state index contributed by atoms with van der Waals surface area (Å²) in [4.78, 5) is 13.5. The highest BCUT2D eigenvalue weighted by atomic mass is 32.2. The predicted molar refractivity (Wildman–Crippen MR) is 95.1 cm³/mol. The van der Waals surface area contributed by atoms with E-state index in [0.29, 0.717) is 11.5 Å². The third-order valence-corrected chi connectivity index (χ3v) is 5.08. The van der Waals surface area contributed by atoms with E-state index in [1.807, 2.05) is 0 Å². The summed E-state index contributed by atoms with van der Waals surface area (Å²) in [6.45, 7) is 0. The molecule has 0 aliphatic rings. The Hall–Kier alpha value is -3.01. The third kappa shape index (κ3) is 3.23. The van der Waals surface area contributed by atoms with Gasteiger partial charge in [0.1, 0.15) is 10.6 Å². The molecule has 26 heavy (non-hydrogen) atoms. The van der Waals surface area contributed by atoms with E-state index >= 15 is 0 Å². The van der Waals surface area contributed by atoms with E-state index in [9.17, 15) is 13.2 Å². The molecular weight excluding hydrogens is 358 g/mol. The highest BCUT2D eigenvalue weighted by Gasteiger charge is 2.24. The molecule has 9 nitrogen and oxygen atoms in total. The second-order valence-electron chi connectivity index (χ2n) is 6.02. The number of furan rings is 1. The van der Waals surface area contributed by atoms with Crippen molar-refractivity contribution < 1.29 is 17.6 Å². The van der Waals surface area contributed by atoms with Crippen molar-refractivity contribution in [3.63, 3.8) is 0 Å². The van der Waals surface area contributed by atoms with Gasteiger partial charge in [-0.05, 0) is 18.2 Å². The van der Waals surface area contributed by atoms with Gasteiger partial charge in [0.05, 0.1) is 12.0 Å². The topological polar surface area (TPSA) is 102 Å². The van der Waals surface area contributed by atoms with Crippen molar-refractivity contribution in [3.05, 3.63) is 42.5 Å². The fraction of sp³-hybridized carbons (Fsp3) is 0.250. The molecule has 0 radical (unpaired) electrons. The molecule has 3 heterocycles. The van der Waals surface area contributed by atoms with Crippen LogP contribution in [0, 0.1) is 0 Å². The maximum absolute atomic E-state index is 12.8. The predicted octanol–water partition coefficient (Wildman–Crippen LogP) is 1.52. The Morgan fingerprint density at radius 1 is 1.27 bits per heavy atom. The smallest absolute Gasteiger partial charge is 0.269 e. The van der Waals surface area contributed by atoms with Gasteiger partial charge in [-0.3, -0.25) is 14.2 Å². The molecule has 3 aromatic heterocycles. The molecule has 0 fully saturated rings. The van der Waals surface area contributed by atoms with E-state index < -0.39 is 10.0 Å². The summed E-state index contributed by atoms with van der Waals surface area (Å²) in [6.07, 6.45) is 4.42. The minimum absolute atomic E-state index is 0.0144. The van der Waals surface area contributed by atoms with Gasteiger partial charge in [0.25, 0.3) is 15.9 Å². The maximum atomic E-state index is 12.8. The minimum atomic E-state index is -3.91. The van der Waals surface area contributed by atoms with Crippen molar-refractivity contribution in [1.29, 1.82) is 0 Å². The molecule has 0 aliphatic heterocycles. The second kappa shape index (κ2) is 6.37. The Bertz CT molecular complexity index is 1040. The van der Waals surface area contributed by atoms with Gasteiger partial charge in [-0.1, -0.05) is 0 Å². The zero-order valence-corrected chi connectivity index (χ0v) is 15.6. The van der Waals surface area contributed by atoms with Crippen LogP contribution in [0.2, 0.25) is 0 Å². The highest BCUT2D eigenvalue weighted by molar-refractivity contribution is 7.92. The Morgan fingerprint density at radius 2 is 2.00 bits per heavy atom. The Morgan fingerprint density at radius 3 is 2.62 bits per heavy atom. The SMILES string of the molecule is CN(C)C(=O)c1cc(S(=O)(=O)Nc2cn(C)nc2-c2ccco2)cn1C. The van der Waals surface area contributed by atoms with Gasteiger partial charge in [0.15, 0.2) is 11.5 Å². The van der Waals surface area contributed by atoms with Crippen molar-refractivity contribution in [1.82, 2.24) is 19.2 Å². The summed E-state index contributed by atoms with van der Waals surface area (Å²) in [5.41, 5.74) is 0.932. The van der Waals surface area contributed by atoms with Gasteiger partial charge in [0.2, 0.25) is 0 Å². The largest absolute Gasteiger partial charge is 0.463 e. The second-order valence-corrected chi connectivity index (χ2v) is 7.70. The van der Waals surface area contributed by atoms with Crippen molar-refractivity contribution in [2.24, 2.45) is 14.1 Å². The zero-order chi connectivity index (χ0) is 19.1. The van der Waals surface area contributed by atoms with Crippen LogP contribution in [-0.4, -0.2) is 47.7 Å². The van der Waals surface area contributed by atoms with Crippen LogP contribution in [0.3, 0.4) is 0 Å². The molecule has 0 saturated carbocycles. The lowest BCUT2D eigenvalue weighted by atomic mass is 10.3.